The Kier molecular flexibility index (Phi) is 5.86. The Balaban J connectivity index is 2.10. The third kappa shape index (κ3) is 3.95. The Morgan fingerprint density at radius 2 is 2.15 bits per heavy atom. The molecule has 3 heteroatoms. The minimum absolute atomic E-state index is 0.162. The summed E-state index contributed by atoms with van der Waals surface area (Å²) in [5.74, 6) is 1.05. The van der Waals surface area contributed by atoms with Crippen molar-refractivity contribution in [3.8, 4) is 0 Å². The maximum absolute atomic E-state index is 14.0. The van der Waals surface area contributed by atoms with Crippen molar-refractivity contribution < 1.29 is 4.39 Å². The van der Waals surface area contributed by atoms with E-state index in [1.807, 2.05) is 0 Å². The quantitative estimate of drug-likeness (QED) is 0.821. The summed E-state index contributed by atoms with van der Waals surface area (Å²) in [6.45, 7) is 5.52. The SMILES string of the molecule is CCCNC1CCC(C)CC1Cc1c(F)cccc1Cl. The molecule has 0 bridgehead atoms. The topological polar surface area (TPSA) is 12.0 Å². The van der Waals surface area contributed by atoms with E-state index in [-0.39, 0.29) is 5.82 Å². The molecule has 0 spiro atoms. The minimum Gasteiger partial charge on any atom is -0.314 e. The Labute approximate surface area is 126 Å². The highest BCUT2D eigenvalue weighted by molar-refractivity contribution is 6.31. The van der Waals surface area contributed by atoms with Crippen LogP contribution in [-0.2, 0) is 6.42 Å². The molecule has 1 saturated carbocycles. The van der Waals surface area contributed by atoms with Crippen LogP contribution in [0.1, 0.15) is 45.1 Å². The van der Waals surface area contributed by atoms with Gasteiger partial charge in [0.2, 0.25) is 0 Å². The van der Waals surface area contributed by atoms with Crippen molar-refractivity contribution in [2.75, 3.05) is 6.54 Å². The lowest BCUT2D eigenvalue weighted by atomic mass is 9.76. The van der Waals surface area contributed by atoms with E-state index in [0.29, 0.717) is 22.5 Å². The van der Waals surface area contributed by atoms with Gasteiger partial charge in [-0.15, -0.1) is 0 Å². The van der Waals surface area contributed by atoms with Gasteiger partial charge in [-0.1, -0.05) is 31.5 Å². The van der Waals surface area contributed by atoms with Crippen LogP contribution in [0.25, 0.3) is 0 Å². The Bertz CT molecular complexity index is 413. The summed E-state index contributed by atoms with van der Waals surface area (Å²) in [7, 11) is 0. The maximum atomic E-state index is 14.0. The third-order valence-corrected chi connectivity index (χ3v) is 4.78. The van der Waals surface area contributed by atoms with Crippen molar-refractivity contribution in [2.45, 2.75) is 52.0 Å². The van der Waals surface area contributed by atoms with Crippen molar-refractivity contribution in [1.29, 1.82) is 0 Å². The Morgan fingerprint density at radius 1 is 1.35 bits per heavy atom. The van der Waals surface area contributed by atoms with Crippen molar-refractivity contribution in [1.82, 2.24) is 5.32 Å². The fraction of sp³-hybridized carbons (Fsp3) is 0.647. The number of rotatable bonds is 5. The molecular weight excluding hydrogens is 273 g/mol. The second-order valence-corrected chi connectivity index (χ2v) is 6.55. The minimum atomic E-state index is -0.162. The summed E-state index contributed by atoms with van der Waals surface area (Å²) < 4.78 is 14.0. The lowest BCUT2D eigenvalue weighted by molar-refractivity contribution is 0.211. The van der Waals surface area contributed by atoms with Gasteiger partial charge < -0.3 is 5.32 Å². The van der Waals surface area contributed by atoms with E-state index in [0.717, 1.165) is 31.7 Å². The van der Waals surface area contributed by atoms with Gasteiger partial charge in [-0.25, -0.2) is 4.39 Å². The molecule has 0 radical (unpaired) electrons. The fourth-order valence-corrected chi connectivity index (χ4v) is 3.55. The number of nitrogens with one attached hydrogen (secondary N) is 1. The van der Waals surface area contributed by atoms with Gasteiger partial charge in [-0.2, -0.15) is 0 Å². The van der Waals surface area contributed by atoms with Crippen LogP contribution in [0.4, 0.5) is 4.39 Å². The largest absolute Gasteiger partial charge is 0.314 e. The first-order valence-electron chi connectivity index (χ1n) is 7.78. The van der Waals surface area contributed by atoms with Crippen LogP contribution in [0.5, 0.6) is 0 Å². The first-order valence-corrected chi connectivity index (χ1v) is 8.15. The van der Waals surface area contributed by atoms with Gasteiger partial charge in [0.1, 0.15) is 5.82 Å². The Hall–Kier alpha value is -0.600. The summed E-state index contributed by atoms with van der Waals surface area (Å²) in [5.41, 5.74) is 0.691. The highest BCUT2D eigenvalue weighted by Gasteiger charge is 2.29. The van der Waals surface area contributed by atoms with E-state index in [1.165, 1.54) is 18.9 Å². The van der Waals surface area contributed by atoms with Crippen LogP contribution in [0.3, 0.4) is 0 Å². The van der Waals surface area contributed by atoms with Crippen LogP contribution in [0, 0.1) is 17.7 Å². The van der Waals surface area contributed by atoms with Crippen molar-refractivity contribution in [3.63, 3.8) is 0 Å². The lowest BCUT2D eigenvalue weighted by Gasteiger charge is -2.36. The lowest BCUT2D eigenvalue weighted by Crippen LogP contribution is -2.41. The smallest absolute Gasteiger partial charge is 0.127 e. The van der Waals surface area contributed by atoms with Gasteiger partial charge in [0.25, 0.3) is 0 Å². The molecule has 1 N–H and O–H groups in total. The van der Waals surface area contributed by atoms with Crippen LogP contribution in [0.2, 0.25) is 5.02 Å². The molecule has 1 nitrogen and oxygen atoms in total. The van der Waals surface area contributed by atoms with Gasteiger partial charge in [0.05, 0.1) is 0 Å². The molecule has 3 unspecified atom stereocenters. The molecule has 0 amide bonds. The monoisotopic (exact) mass is 297 g/mol. The first-order chi connectivity index (χ1) is 9.61. The maximum Gasteiger partial charge on any atom is 0.127 e. The second kappa shape index (κ2) is 7.42. The van der Waals surface area contributed by atoms with Gasteiger partial charge in [-0.05, 0) is 62.6 Å². The molecule has 112 valence electrons. The zero-order chi connectivity index (χ0) is 14.5. The summed E-state index contributed by atoms with van der Waals surface area (Å²) >= 11 is 6.18. The van der Waals surface area contributed by atoms with E-state index in [4.69, 9.17) is 11.6 Å². The predicted molar refractivity (Wildman–Crippen MR) is 83.7 cm³/mol. The standard InChI is InChI=1S/C17H25ClFN/c1-3-9-20-17-8-7-12(2)10-13(17)11-14-15(18)5-4-6-16(14)19/h4-6,12-13,17,20H,3,7-11H2,1-2H3. The molecule has 0 heterocycles. The molecule has 1 fully saturated rings. The van der Waals surface area contributed by atoms with E-state index < -0.39 is 0 Å². The molecule has 2 rings (SSSR count). The van der Waals surface area contributed by atoms with Crippen LogP contribution in [-0.4, -0.2) is 12.6 Å². The number of hydrogen-bond donors (Lipinski definition) is 1. The van der Waals surface area contributed by atoms with E-state index in [2.05, 4.69) is 19.2 Å². The third-order valence-electron chi connectivity index (χ3n) is 4.43. The summed E-state index contributed by atoms with van der Waals surface area (Å²) in [6.07, 6.45) is 5.50. The van der Waals surface area contributed by atoms with Crippen LogP contribution in [0.15, 0.2) is 18.2 Å². The first kappa shape index (κ1) is 15.8. The van der Waals surface area contributed by atoms with E-state index in [9.17, 15) is 4.39 Å². The highest BCUT2D eigenvalue weighted by atomic mass is 35.5. The molecule has 1 aromatic carbocycles. The molecule has 3 atom stereocenters. The van der Waals surface area contributed by atoms with Gasteiger partial charge in [0, 0.05) is 16.6 Å². The Morgan fingerprint density at radius 3 is 2.85 bits per heavy atom. The van der Waals surface area contributed by atoms with Crippen molar-refractivity contribution in [3.05, 3.63) is 34.6 Å². The molecule has 0 aliphatic heterocycles. The summed E-state index contributed by atoms with van der Waals surface area (Å²) in [4.78, 5) is 0. The zero-order valence-corrected chi connectivity index (χ0v) is 13.2. The molecular formula is C17H25ClFN. The molecule has 1 aromatic rings. The zero-order valence-electron chi connectivity index (χ0n) is 12.5. The molecule has 0 aromatic heterocycles. The van der Waals surface area contributed by atoms with Gasteiger partial charge in [-0.3, -0.25) is 0 Å². The summed E-state index contributed by atoms with van der Waals surface area (Å²) in [5, 5.41) is 4.20. The normalized spacial score (nSPS) is 26.7. The number of halogens is 2. The van der Waals surface area contributed by atoms with E-state index in [1.54, 1.807) is 12.1 Å². The van der Waals surface area contributed by atoms with E-state index >= 15 is 0 Å². The second-order valence-electron chi connectivity index (χ2n) is 6.14. The molecule has 1 aliphatic rings. The van der Waals surface area contributed by atoms with Crippen LogP contribution >= 0.6 is 11.6 Å². The highest BCUT2D eigenvalue weighted by Crippen LogP contribution is 2.33. The van der Waals surface area contributed by atoms with Crippen molar-refractivity contribution >= 4 is 11.6 Å². The number of hydrogen-bond acceptors (Lipinski definition) is 1. The average Bonchev–Trinajstić information content (AvgIpc) is 2.42. The fourth-order valence-electron chi connectivity index (χ4n) is 3.31. The molecule has 1 aliphatic carbocycles. The van der Waals surface area contributed by atoms with Crippen molar-refractivity contribution in [2.24, 2.45) is 11.8 Å². The molecule has 20 heavy (non-hydrogen) atoms. The summed E-state index contributed by atoms with van der Waals surface area (Å²) in [6, 6.07) is 5.49. The average molecular weight is 298 g/mol. The predicted octanol–water partition coefficient (Wildman–Crippen LogP) is 4.83. The number of benzene rings is 1. The van der Waals surface area contributed by atoms with Crippen LogP contribution < -0.4 is 5.32 Å². The van der Waals surface area contributed by atoms with Gasteiger partial charge >= 0.3 is 0 Å². The molecule has 0 saturated heterocycles. The van der Waals surface area contributed by atoms with Gasteiger partial charge in [0.15, 0.2) is 0 Å².